The Hall–Kier alpha value is -2.38. The monoisotopic (exact) mass is 373 g/mol. The molecule has 3 rings (SSSR count). The van der Waals surface area contributed by atoms with Gasteiger partial charge in [-0.1, -0.05) is 12.1 Å². The zero-order chi connectivity index (χ0) is 18.7. The molecule has 1 amide bonds. The Morgan fingerprint density at radius 1 is 1.12 bits per heavy atom. The minimum atomic E-state index is -3.71. The Kier molecular flexibility index (Phi) is 5.29. The summed E-state index contributed by atoms with van der Waals surface area (Å²) >= 11 is 0. The molecule has 7 heteroatoms. The summed E-state index contributed by atoms with van der Waals surface area (Å²) in [6.07, 6.45) is 0.901. The van der Waals surface area contributed by atoms with Gasteiger partial charge in [-0.3, -0.25) is 9.52 Å². The van der Waals surface area contributed by atoms with Crippen LogP contribution in [-0.2, 0) is 10.0 Å². The molecular weight excluding hydrogens is 350 g/mol. The summed E-state index contributed by atoms with van der Waals surface area (Å²) in [7, 11) is -3.71. The minimum absolute atomic E-state index is 0.122. The fourth-order valence-electron chi connectivity index (χ4n) is 2.90. The van der Waals surface area contributed by atoms with Gasteiger partial charge in [-0.15, -0.1) is 0 Å². The van der Waals surface area contributed by atoms with Crippen molar-refractivity contribution < 1.29 is 13.2 Å². The lowest BCUT2D eigenvalue weighted by molar-refractivity contribution is 0.0940. The Morgan fingerprint density at radius 3 is 2.50 bits per heavy atom. The summed E-state index contributed by atoms with van der Waals surface area (Å²) in [6, 6.07) is 11.6. The fraction of sp³-hybridized carbons (Fsp3) is 0.316. The van der Waals surface area contributed by atoms with Crippen LogP contribution in [0.3, 0.4) is 0 Å². The van der Waals surface area contributed by atoms with Crippen molar-refractivity contribution in [3.63, 3.8) is 0 Å². The van der Waals surface area contributed by atoms with Crippen molar-refractivity contribution in [2.45, 2.75) is 31.2 Å². The Bertz CT molecular complexity index is 902. The van der Waals surface area contributed by atoms with E-state index in [1.54, 1.807) is 6.07 Å². The molecule has 1 heterocycles. The molecule has 1 fully saturated rings. The van der Waals surface area contributed by atoms with E-state index in [9.17, 15) is 13.2 Å². The molecule has 0 radical (unpaired) electrons. The van der Waals surface area contributed by atoms with E-state index >= 15 is 0 Å². The topological polar surface area (TPSA) is 87.3 Å². The molecule has 0 spiro atoms. The lowest BCUT2D eigenvalue weighted by atomic mass is 10.1. The van der Waals surface area contributed by atoms with Crippen LogP contribution in [0.5, 0.6) is 0 Å². The predicted molar refractivity (Wildman–Crippen MR) is 102 cm³/mol. The van der Waals surface area contributed by atoms with Crippen molar-refractivity contribution in [2.75, 3.05) is 17.8 Å². The molecular formula is C19H23N3O3S. The van der Waals surface area contributed by atoms with Crippen molar-refractivity contribution in [1.29, 1.82) is 0 Å². The van der Waals surface area contributed by atoms with E-state index < -0.39 is 10.0 Å². The van der Waals surface area contributed by atoms with Crippen molar-refractivity contribution in [1.82, 2.24) is 10.6 Å². The van der Waals surface area contributed by atoms with Gasteiger partial charge in [0.05, 0.1) is 10.6 Å². The van der Waals surface area contributed by atoms with Gasteiger partial charge in [-0.05, 0) is 68.3 Å². The number of hydrogen-bond donors (Lipinski definition) is 3. The molecule has 3 N–H and O–H groups in total. The van der Waals surface area contributed by atoms with E-state index in [1.807, 2.05) is 26.0 Å². The van der Waals surface area contributed by atoms with Crippen molar-refractivity contribution in [2.24, 2.45) is 0 Å². The number of aryl methyl sites for hydroxylation is 1. The smallest absolute Gasteiger partial charge is 0.261 e. The first-order chi connectivity index (χ1) is 12.4. The van der Waals surface area contributed by atoms with Gasteiger partial charge in [-0.25, -0.2) is 8.42 Å². The number of benzene rings is 2. The molecule has 2 aromatic carbocycles. The van der Waals surface area contributed by atoms with Gasteiger partial charge < -0.3 is 10.6 Å². The average Bonchev–Trinajstić information content (AvgIpc) is 3.12. The average molecular weight is 373 g/mol. The molecule has 0 saturated carbocycles. The van der Waals surface area contributed by atoms with Gasteiger partial charge in [0.15, 0.2) is 0 Å². The highest BCUT2D eigenvalue weighted by atomic mass is 32.2. The predicted octanol–water partition coefficient (Wildman–Crippen LogP) is 2.20. The maximum absolute atomic E-state index is 12.6. The number of rotatable bonds is 5. The molecule has 1 atom stereocenters. The fourth-order valence-corrected chi connectivity index (χ4v) is 4.02. The van der Waals surface area contributed by atoms with Crippen LogP contribution in [-0.4, -0.2) is 33.5 Å². The van der Waals surface area contributed by atoms with Gasteiger partial charge in [-0.2, -0.15) is 0 Å². The number of carbonyl (C=O) groups excluding carboxylic acids is 1. The van der Waals surface area contributed by atoms with Gasteiger partial charge in [0.25, 0.3) is 15.9 Å². The first kappa shape index (κ1) is 18.4. The largest absolute Gasteiger partial charge is 0.348 e. The number of sulfonamides is 1. The molecule has 1 aliphatic rings. The molecule has 0 aromatic heterocycles. The van der Waals surface area contributed by atoms with Gasteiger partial charge >= 0.3 is 0 Å². The van der Waals surface area contributed by atoms with Crippen LogP contribution in [0.1, 0.15) is 27.9 Å². The number of nitrogens with one attached hydrogen (secondary N) is 3. The van der Waals surface area contributed by atoms with Gasteiger partial charge in [0.2, 0.25) is 0 Å². The first-order valence-corrected chi connectivity index (χ1v) is 10.1. The van der Waals surface area contributed by atoms with E-state index in [2.05, 4.69) is 15.4 Å². The van der Waals surface area contributed by atoms with E-state index in [0.717, 1.165) is 30.6 Å². The van der Waals surface area contributed by atoms with Crippen molar-refractivity contribution >= 4 is 21.6 Å². The van der Waals surface area contributed by atoms with Crippen LogP contribution in [0, 0.1) is 13.8 Å². The summed E-state index contributed by atoms with van der Waals surface area (Å²) in [5, 5.41) is 6.13. The summed E-state index contributed by atoms with van der Waals surface area (Å²) in [6.45, 7) is 5.46. The summed E-state index contributed by atoms with van der Waals surface area (Å²) in [5.74, 6) is -0.190. The van der Waals surface area contributed by atoms with Crippen molar-refractivity contribution in [3.8, 4) is 0 Å². The zero-order valence-electron chi connectivity index (χ0n) is 14.9. The van der Waals surface area contributed by atoms with Crippen LogP contribution >= 0.6 is 0 Å². The lowest BCUT2D eigenvalue weighted by Crippen LogP contribution is -2.36. The molecule has 26 heavy (non-hydrogen) atoms. The highest BCUT2D eigenvalue weighted by Crippen LogP contribution is 2.22. The molecule has 2 aromatic rings. The summed E-state index contributed by atoms with van der Waals surface area (Å²) in [5.41, 5.74) is 2.90. The van der Waals surface area contributed by atoms with Crippen LogP contribution < -0.4 is 15.4 Å². The van der Waals surface area contributed by atoms with E-state index in [1.165, 1.54) is 24.3 Å². The highest BCUT2D eigenvalue weighted by molar-refractivity contribution is 7.92. The Labute approximate surface area is 154 Å². The number of amides is 1. The first-order valence-electron chi connectivity index (χ1n) is 8.57. The van der Waals surface area contributed by atoms with Gasteiger partial charge in [0.1, 0.15) is 0 Å². The summed E-state index contributed by atoms with van der Waals surface area (Å²) < 4.78 is 27.8. The SMILES string of the molecule is Cc1cccc(NS(=O)(=O)c2ccc(C(=O)NC3CCNC3)cc2)c1C. The molecule has 0 aliphatic carbocycles. The highest BCUT2D eigenvalue weighted by Gasteiger charge is 2.19. The van der Waals surface area contributed by atoms with Crippen LogP contribution in [0.4, 0.5) is 5.69 Å². The van der Waals surface area contributed by atoms with E-state index in [0.29, 0.717) is 11.3 Å². The number of hydrogen-bond acceptors (Lipinski definition) is 4. The quantitative estimate of drug-likeness (QED) is 0.750. The van der Waals surface area contributed by atoms with Crippen LogP contribution in [0.2, 0.25) is 0 Å². The Balaban J connectivity index is 1.74. The lowest BCUT2D eigenvalue weighted by Gasteiger charge is -2.13. The summed E-state index contributed by atoms with van der Waals surface area (Å²) in [4.78, 5) is 12.4. The van der Waals surface area contributed by atoms with Gasteiger partial charge in [0, 0.05) is 18.2 Å². The second-order valence-corrected chi connectivity index (χ2v) is 8.22. The molecule has 1 aliphatic heterocycles. The molecule has 6 nitrogen and oxygen atoms in total. The molecule has 1 saturated heterocycles. The van der Waals surface area contributed by atoms with E-state index in [-0.39, 0.29) is 16.8 Å². The maximum Gasteiger partial charge on any atom is 0.261 e. The molecule has 0 bridgehead atoms. The minimum Gasteiger partial charge on any atom is -0.348 e. The van der Waals surface area contributed by atoms with E-state index in [4.69, 9.17) is 0 Å². The van der Waals surface area contributed by atoms with Crippen molar-refractivity contribution in [3.05, 3.63) is 59.2 Å². The molecule has 138 valence electrons. The third kappa shape index (κ3) is 4.05. The number of carbonyl (C=O) groups is 1. The number of anilines is 1. The zero-order valence-corrected chi connectivity index (χ0v) is 15.7. The second-order valence-electron chi connectivity index (χ2n) is 6.54. The standard InChI is InChI=1S/C19H23N3O3S/c1-13-4-3-5-18(14(13)2)22-26(24,25)17-8-6-15(7-9-17)19(23)21-16-10-11-20-12-16/h3-9,16,20,22H,10-12H2,1-2H3,(H,21,23). The third-order valence-corrected chi connectivity index (χ3v) is 6.05. The van der Waals surface area contributed by atoms with Crippen LogP contribution in [0.25, 0.3) is 0 Å². The van der Waals surface area contributed by atoms with Crippen LogP contribution in [0.15, 0.2) is 47.4 Å². The second kappa shape index (κ2) is 7.47. The molecule has 1 unspecified atom stereocenters. The Morgan fingerprint density at radius 2 is 1.85 bits per heavy atom. The maximum atomic E-state index is 12.6. The normalized spacial score (nSPS) is 17.1. The third-order valence-electron chi connectivity index (χ3n) is 4.67.